The highest BCUT2D eigenvalue weighted by atomic mass is 127. The summed E-state index contributed by atoms with van der Waals surface area (Å²) in [7, 11) is 1.54. The lowest BCUT2D eigenvalue weighted by Crippen LogP contribution is -2.31. The van der Waals surface area contributed by atoms with Gasteiger partial charge in [-0.2, -0.15) is 0 Å². The van der Waals surface area contributed by atoms with Gasteiger partial charge in [-0.1, -0.05) is 30.3 Å². The summed E-state index contributed by atoms with van der Waals surface area (Å²) in [6, 6.07) is 15.6. The Hall–Kier alpha value is -1.84. The maximum absolute atomic E-state index is 12.5. The number of benzene rings is 2. The van der Waals surface area contributed by atoms with Crippen LogP contribution in [0.1, 0.15) is 11.1 Å². The minimum atomic E-state index is -0.297. The summed E-state index contributed by atoms with van der Waals surface area (Å²) < 4.78 is 12.1. The fourth-order valence-corrected chi connectivity index (χ4v) is 3.71. The molecular weight excluding hydrogens is 477 g/mol. The highest BCUT2D eigenvalue weighted by molar-refractivity contribution is 14.1. The van der Waals surface area contributed by atoms with E-state index < -0.39 is 0 Å². The third-order valence-electron chi connectivity index (χ3n) is 3.91. The van der Waals surface area contributed by atoms with Crippen LogP contribution in [0.4, 0.5) is 4.79 Å². The Balaban J connectivity index is 1.75. The molecule has 27 heavy (non-hydrogen) atoms. The summed E-state index contributed by atoms with van der Waals surface area (Å²) in [5.74, 6) is 0.370. The van der Waals surface area contributed by atoms with Gasteiger partial charge in [0.25, 0.3) is 11.1 Å². The van der Waals surface area contributed by atoms with Gasteiger partial charge in [0, 0.05) is 16.2 Å². The van der Waals surface area contributed by atoms with E-state index in [9.17, 15) is 9.59 Å². The minimum absolute atomic E-state index is 0.253. The Labute approximate surface area is 175 Å². The van der Waals surface area contributed by atoms with Crippen LogP contribution < -0.4 is 4.74 Å². The van der Waals surface area contributed by atoms with Gasteiger partial charge in [-0.3, -0.25) is 14.5 Å². The molecule has 1 fully saturated rings. The summed E-state index contributed by atoms with van der Waals surface area (Å²) in [6.45, 7) is 1.00. The topological polar surface area (TPSA) is 55.8 Å². The summed E-state index contributed by atoms with van der Waals surface area (Å²) >= 11 is 3.20. The number of imide groups is 1. The average molecular weight is 495 g/mol. The lowest BCUT2D eigenvalue weighted by atomic mass is 10.1. The first-order chi connectivity index (χ1) is 13.1. The number of hydrogen-bond donors (Lipinski definition) is 0. The maximum atomic E-state index is 12.5. The number of ether oxygens (including phenoxy) is 2. The predicted molar refractivity (Wildman–Crippen MR) is 114 cm³/mol. The fraction of sp³-hybridized carbons (Fsp3) is 0.200. The summed E-state index contributed by atoms with van der Waals surface area (Å²) in [5.41, 5.74) is 1.82. The minimum Gasteiger partial charge on any atom is -0.488 e. The summed E-state index contributed by atoms with van der Waals surface area (Å²) in [6.07, 6.45) is 1.71. The zero-order chi connectivity index (χ0) is 19.2. The maximum Gasteiger partial charge on any atom is 0.293 e. The van der Waals surface area contributed by atoms with Crippen molar-refractivity contribution in [3.05, 3.63) is 68.1 Å². The number of thioether (sulfide) groups is 1. The molecule has 0 atom stereocenters. The molecule has 0 radical (unpaired) electrons. The molecule has 2 amide bonds. The van der Waals surface area contributed by atoms with Gasteiger partial charge in [0.15, 0.2) is 0 Å². The highest BCUT2D eigenvalue weighted by Crippen LogP contribution is 2.34. The molecule has 3 rings (SSSR count). The number of halogens is 1. The molecule has 0 saturated carbocycles. The largest absolute Gasteiger partial charge is 0.488 e. The molecule has 1 aliphatic rings. The smallest absolute Gasteiger partial charge is 0.293 e. The normalized spacial score (nSPS) is 15.6. The number of hydrogen-bond acceptors (Lipinski definition) is 5. The molecular formula is C20H18INO4S. The molecule has 0 unspecified atom stereocenters. The second-order valence-electron chi connectivity index (χ2n) is 5.78. The van der Waals surface area contributed by atoms with Crippen LogP contribution in [0.25, 0.3) is 6.08 Å². The van der Waals surface area contributed by atoms with Gasteiger partial charge in [-0.15, -0.1) is 0 Å². The molecule has 0 aromatic heterocycles. The van der Waals surface area contributed by atoms with E-state index in [0.717, 1.165) is 22.9 Å². The summed E-state index contributed by atoms with van der Waals surface area (Å²) in [4.78, 5) is 26.1. The lowest BCUT2D eigenvalue weighted by molar-refractivity contribution is -0.123. The quantitative estimate of drug-likeness (QED) is 0.417. The Bertz CT molecular complexity index is 867. The molecule has 1 aliphatic heterocycles. The number of rotatable bonds is 7. The molecule has 2 aromatic rings. The van der Waals surface area contributed by atoms with E-state index in [0.29, 0.717) is 23.9 Å². The van der Waals surface area contributed by atoms with Crippen LogP contribution in [0, 0.1) is 3.57 Å². The van der Waals surface area contributed by atoms with Gasteiger partial charge in [-0.25, -0.2) is 0 Å². The number of nitrogens with zero attached hydrogens (tertiary/aromatic N) is 1. The number of amides is 2. The van der Waals surface area contributed by atoms with E-state index >= 15 is 0 Å². The number of carbonyl (C=O) groups is 2. The average Bonchev–Trinajstić information content (AvgIpc) is 2.93. The summed E-state index contributed by atoms with van der Waals surface area (Å²) in [5, 5.41) is -0.277. The van der Waals surface area contributed by atoms with Gasteiger partial charge in [0.05, 0.1) is 18.1 Å². The number of carbonyl (C=O) groups excluding carboxylic acids is 2. The van der Waals surface area contributed by atoms with Crippen LogP contribution in [0.3, 0.4) is 0 Å². The molecule has 1 heterocycles. The van der Waals surface area contributed by atoms with Crippen LogP contribution in [-0.4, -0.2) is 36.3 Å². The zero-order valence-electron chi connectivity index (χ0n) is 14.7. The first-order valence-corrected chi connectivity index (χ1v) is 10.2. The van der Waals surface area contributed by atoms with Crippen LogP contribution >= 0.6 is 34.4 Å². The van der Waals surface area contributed by atoms with Crippen LogP contribution in [0.2, 0.25) is 0 Å². The first kappa shape index (κ1) is 19.9. The van der Waals surface area contributed by atoms with Gasteiger partial charge in [0.2, 0.25) is 0 Å². The van der Waals surface area contributed by atoms with Gasteiger partial charge < -0.3 is 9.47 Å². The van der Waals surface area contributed by atoms with E-state index in [1.807, 2.05) is 48.5 Å². The highest BCUT2D eigenvalue weighted by Gasteiger charge is 2.34. The second kappa shape index (κ2) is 9.38. The van der Waals surface area contributed by atoms with Gasteiger partial charge in [-0.05, 0) is 64.2 Å². The standard InChI is InChI=1S/C20H18INO4S/c1-25-11-10-22-19(23)18(27-20(22)24)12-15-4-2-3-5-17(15)26-13-14-6-8-16(21)9-7-14/h2-9,12H,10-11,13H2,1H3/b18-12-. The number of para-hydroxylation sites is 1. The Kier molecular flexibility index (Phi) is 6.92. The van der Waals surface area contributed by atoms with Crippen molar-refractivity contribution >= 4 is 51.6 Å². The van der Waals surface area contributed by atoms with Crippen molar-refractivity contribution in [2.24, 2.45) is 0 Å². The monoisotopic (exact) mass is 495 g/mol. The molecule has 7 heteroatoms. The van der Waals surface area contributed by atoms with Gasteiger partial charge >= 0.3 is 0 Å². The molecule has 0 spiro atoms. The molecule has 0 bridgehead atoms. The number of methoxy groups -OCH3 is 1. The van der Waals surface area contributed by atoms with E-state index in [-0.39, 0.29) is 17.7 Å². The molecule has 140 valence electrons. The third-order valence-corrected chi connectivity index (χ3v) is 5.53. The Morgan fingerprint density at radius 3 is 2.59 bits per heavy atom. The molecule has 5 nitrogen and oxygen atoms in total. The van der Waals surface area contributed by atoms with E-state index in [1.54, 1.807) is 6.08 Å². The Morgan fingerprint density at radius 1 is 1.11 bits per heavy atom. The fourth-order valence-electron chi connectivity index (χ4n) is 2.49. The molecule has 0 aliphatic carbocycles. The predicted octanol–water partition coefficient (Wildman–Crippen LogP) is 4.55. The van der Waals surface area contributed by atoms with E-state index in [1.165, 1.54) is 15.6 Å². The van der Waals surface area contributed by atoms with Crippen LogP contribution in [0.5, 0.6) is 5.75 Å². The third kappa shape index (κ3) is 5.12. The van der Waals surface area contributed by atoms with E-state index in [4.69, 9.17) is 9.47 Å². The SMILES string of the molecule is COCCN1C(=O)S/C(=C\c2ccccc2OCc2ccc(I)cc2)C1=O. The van der Waals surface area contributed by atoms with Crippen molar-refractivity contribution in [3.8, 4) is 5.75 Å². The molecule has 0 N–H and O–H groups in total. The van der Waals surface area contributed by atoms with Crippen molar-refractivity contribution in [3.63, 3.8) is 0 Å². The van der Waals surface area contributed by atoms with Crippen molar-refractivity contribution in [1.82, 2.24) is 4.90 Å². The lowest BCUT2D eigenvalue weighted by Gasteiger charge is -2.11. The molecule has 2 aromatic carbocycles. The first-order valence-electron chi connectivity index (χ1n) is 8.29. The van der Waals surface area contributed by atoms with Crippen molar-refractivity contribution in [2.45, 2.75) is 6.61 Å². The second-order valence-corrected chi connectivity index (χ2v) is 8.02. The van der Waals surface area contributed by atoms with Crippen LogP contribution in [-0.2, 0) is 16.1 Å². The van der Waals surface area contributed by atoms with E-state index in [2.05, 4.69) is 22.6 Å². The van der Waals surface area contributed by atoms with Crippen LogP contribution in [0.15, 0.2) is 53.4 Å². The van der Waals surface area contributed by atoms with Gasteiger partial charge in [0.1, 0.15) is 12.4 Å². The van der Waals surface area contributed by atoms with Crippen molar-refractivity contribution in [1.29, 1.82) is 0 Å². The Morgan fingerprint density at radius 2 is 1.85 bits per heavy atom. The molecule has 1 saturated heterocycles. The van der Waals surface area contributed by atoms with Crippen molar-refractivity contribution in [2.75, 3.05) is 20.3 Å². The van der Waals surface area contributed by atoms with Crippen molar-refractivity contribution < 1.29 is 19.1 Å². The zero-order valence-corrected chi connectivity index (χ0v) is 17.7.